The summed E-state index contributed by atoms with van der Waals surface area (Å²) in [5.41, 5.74) is -2.22. The van der Waals surface area contributed by atoms with Gasteiger partial charge in [0.2, 0.25) is 5.82 Å². The fourth-order valence-electron chi connectivity index (χ4n) is 4.61. The van der Waals surface area contributed by atoms with Gasteiger partial charge in [0, 0.05) is 0 Å². The second kappa shape index (κ2) is 12.7. The van der Waals surface area contributed by atoms with Crippen LogP contribution in [0.2, 0.25) is 0 Å². The highest BCUT2D eigenvalue weighted by atomic mass is 19.1. The van der Waals surface area contributed by atoms with Gasteiger partial charge < -0.3 is 18.9 Å². The Labute approximate surface area is 243 Å². The summed E-state index contributed by atoms with van der Waals surface area (Å²) in [6, 6.07) is 23.8. The zero-order chi connectivity index (χ0) is 30.5. The van der Waals surface area contributed by atoms with E-state index in [1.807, 2.05) is 4.98 Å². The molecule has 0 radical (unpaired) electrons. The second-order valence-corrected chi connectivity index (χ2v) is 9.53. The van der Waals surface area contributed by atoms with Gasteiger partial charge in [-0.25, -0.2) is 19.2 Å². The van der Waals surface area contributed by atoms with Crippen molar-refractivity contribution in [3.8, 4) is 0 Å². The van der Waals surface area contributed by atoms with Gasteiger partial charge in [-0.1, -0.05) is 54.6 Å². The van der Waals surface area contributed by atoms with Gasteiger partial charge in [0.05, 0.1) is 22.4 Å². The molecule has 220 valence electrons. The highest BCUT2D eigenvalue weighted by Crippen LogP contribution is 2.35. The number of ether oxygens (including phenoxy) is 4. The number of halogens is 1. The lowest BCUT2D eigenvalue weighted by Gasteiger charge is -2.25. The van der Waals surface area contributed by atoms with Gasteiger partial charge in [-0.2, -0.15) is 4.39 Å². The minimum Gasteiger partial charge on any atom is -0.459 e. The molecule has 0 amide bonds. The first-order chi connectivity index (χ1) is 20.7. The van der Waals surface area contributed by atoms with E-state index in [1.165, 1.54) is 43.3 Å². The highest BCUT2D eigenvalue weighted by molar-refractivity contribution is 5.91. The van der Waals surface area contributed by atoms with Crippen molar-refractivity contribution in [2.45, 2.75) is 31.5 Å². The predicted octanol–water partition coefficient (Wildman–Crippen LogP) is 3.19. The number of aromatic amines is 1. The van der Waals surface area contributed by atoms with Gasteiger partial charge in [-0.05, 0) is 43.3 Å². The van der Waals surface area contributed by atoms with Gasteiger partial charge in [0.15, 0.2) is 18.4 Å². The number of rotatable bonds is 8. The van der Waals surface area contributed by atoms with Gasteiger partial charge >= 0.3 is 23.6 Å². The number of nitrogens with zero attached hydrogens (tertiary/aromatic N) is 1. The zero-order valence-corrected chi connectivity index (χ0v) is 22.7. The average molecular weight is 589 g/mol. The summed E-state index contributed by atoms with van der Waals surface area (Å²) in [7, 11) is 0. The van der Waals surface area contributed by atoms with Gasteiger partial charge in [0.25, 0.3) is 5.56 Å². The Morgan fingerprint density at radius 1 is 0.767 bits per heavy atom. The molecule has 3 aromatic carbocycles. The van der Waals surface area contributed by atoms with Crippen molar-refractivity contribution in [3.05, 3.63) is 140 Å². The Balaban J connectivity index is 1.55. The first-order valence-electron chi connectivity index (χ1n) is 13.1. The summed E-state index contributed by atoms with van der Waals surface area (Å²) in [4.78, 5) is 65.8. The molecule has 0 bridgehead atoms. The molecule has 4 atom stereocenters. The van der Waals surface area contributed by atoms with Crippen LogP contribution in [0.3, 0.4) is 0 Å². The summed E-state index contributed by atoms with van der Waals surface area (Å²) in [5, 5.41) is 0. The Kier molecular flexibility index (Phi) is 8.58. The molecule has 5 rings (SSSR count). The number of hydrogen-bond donors (Lipinski definition) is 1. The predicted molar refractivity (Wildman–Crippen MR) is 148 cm³/mol. The third-order valence-electron chi connectivity index (χ3n) is 6.75. The number of esters is 3. The quantitative estimate of drug-likeness (QED) is 0.243. The van der Waals surface area contributed by atoms with Gasteiger partial charge in [-0.3, -0.25) is 14.3 Å². The summed E-state index contributed by atoms with van der Waals surface area (Å²) in [5.74, 6) is -3.68. The maximum atomic E-state index is 14.7. The normalized spacial score (nSPS) is 19.4. The van der Waals surface area contributed by atoms with E-state index in [0.29, 0.717) is 0 Å². The average Bonchev–Trinajstić information content (AvgIpc) is 3.35. The third kappa shape index (κ3) is 6.28. The lowest BCUT2D eigenvalue weighted by atomic mass is 10.1. The van der Waals surface area contributed by atoms with Crippen LogP contribution in [-0.2, 0) is 18.9 Å². The highest BCUT2D eigenvalue weighted by Gasteiger charge is 2.52. The first kappa shape index (κ1) is 29.1. The summed E-state index contributed by atoms with van der Waals surface area (Å²) >= 11 is 0. The van der Waals surface area contributed by atoms with E-state index in [1.54, 1.807) is 54.6 Å². The minimum atomic E-state index is -1.60. The van der Waals surface area contributed by atoms with Crippen molar-refractivity contribution in [1.29, 1.82) is 0 Å². The van der Waals surface area contributed by atoms with Crippen LogP contribution in [0.4, 0.5) is 4.39 Å². The second-order valence-electron chi connectivity index (χ2n) is 9.53. The van der Waals surface area contributed by atoms with Crippen molar-refractivity contribution in [2.24, 2.45) is 0 Å². The minimum absolute atomic E-state index is 0.130. The molecule has 1 aliphatic heterocycles. The van der Waals surface area contributed by atoms with E-state index in [-0.39, 0.29) is 16.7 Å². The molecule has 1 N–H and O–H groups in total. The van der Waals surface area contributed by atoms with E-state index < -0.39 is 71.8 Å². The van der Waals surface area contributed by atoms with E-state index >= 15 is 0 Å². The van der Waals surface area contributed by atoms with E-state index in [9.17, 15) is 28.4 Å². The molecule has 0 saturated carbocycles. The molecule has 12 heteroatoms. The number of carbonyl (C=O) groups excluding carboxylic acids is 3. The molecule has 1 fully saturated rings. The van der Waals surface area contributed by atoms with Crippen molar-refractivity contribution in [2.75, 3.05) is 6.61 Å². The summed E-state index contributed by atoms with van der Waals surface area (Å²) in [6.45, 7) is 0.662. The summed E-state index contributed by atoms with van der Waals surface area (Å²) in [6.07, 6.45) is -5.89. The molecule has 4 aromatic rings. The summed E-state index contributed by atoms with van der Waals surface area (Å²) < 4.78 is 38.5. The van der Waals surface area contributed by atoms with Crippen LogP contribution < -0.4 is 11.2 Å². The Bertz CT molecular complexity index is 1740. The maximum absolute atomic E-state index is 14.7. The monoisotopic (exact) mass is 588 g/mol. The molecule has 1 saturated heterocycles. The fourth-order valence-corrected chi connectivity index (χ4v) is 4.61. The number of benzene rings is 3. The molecule has 11 nitrogen and oxygen atoms in total. The molecular weight excluding hydrogens is 563 g/mol. The van der Waals surface area contributed by atoms with Crippen LogP contribution in [0.25, 0.3) is 0 Å². The third-order valence-corrected chi connectivity index (χ3v) is 6.75. The van der Waals surface area contributed by atoms with Gasteiger partial charge in [-0.15, -0.1) is 0 Å². The van der Waals surface area contributed by atoms with E-state index in [0.717, 1.165) is 4.57 Å². The maximum Gasteiger partial charge on any atom is 0.338 e. The molecule has 0 aliphatic carbocycles. The SMILES string of the molecule is Cc1c(F)c(=O)[nH]c(=O)n1[C@@H]1O[C@H](COC(=O)c2ccccc2)[C@@H](OC(=O)c2ccccc2)[C@H]1OC(=O)c1ccccc1. The molecule has 0 spiro atoms. The van der Waals surface area contributed by atoms with Crippen LogP contribution in [0.1, 0.15) is 43.0 Å². The molecule has 0 unspecified atom stereocenters. The van der Waals surface area contributed by atoms with Crippen molar-refractivity contribution >= 4 is 17.9 Å². The molecule has 1 aliphatic rings. The van der Waals surface area contributed by atoms with Crippen LogP contribution in [0, 0.1) is 12.7 Å². The largest absolute Gasteiger partial charge is 0.459 e. The van der Waals surface area contributed by atoms with Crippen molar-refractivity contribution < 1.29 is 37.7 Å². The lowest BCUT2D eigenvalue weighted by Crippen LogP contribution is -2.44. The topological polar surface area (TPSA) is 143 Å². The Morgan fingerprint density at radius 2 is 1.23 bits per heavy atom. The Morgan fingerprint density at radius 3 is 1.74 bits per heavy atom. The number of hydrogen-bond acceptors (Lipinski definition) is 9. The number of nitrogens with one attached hydrogen (secondary N) is 1. The number of carbonyl (C=O) groups is 3. The smallest absolute Gasteiger partial charge is 0.338 e. The van der Waals surface area contributed by atoms with Crippen LogP contribution >= 0.6 is 0 Å². The molecule has 1 aromatic heterocycles. The number of aromatic nitrogens is 2. The Hall–Kier alpha value is -5.36. The zero-order valence-electron chi connectivity index (χ0n) is 22.7. The molecule has 43 heavy (non-hydrogen) atoms. The van der Waals surface area contributed by atoms with E-state index in [2.05, 4.69) is 0 Å². The molecule has 2 heterocycles. The first-order valence-corrected chi connectivity index (χ1v) is 13.1. The molecular formula is C31H25FN2O9. The fraction of sp³-hybridized carbons (Fsp3) is 0.194. The van der Waals surface area contributed by atoms with Crippen LogP contribution in [0.5, 0.6) is 0 Å². The van der Waals surface area contributed by atoms with Crippen molar-refractivity contribution in [3.63, 3.8) is 0 Å². The lowest BCUT2D eigenvalue weighted by molar-refractivity contribution is -0.0652. The van der Waals surface area contributed by atoms with Crippen molar-refractivity contribution in [1.82, 2.24) is 9.55 Å². The van der Waals surface area contributed by atoms with E-state index in [4.69, 9.17) is 18.9 Å². The van der Waals surface area contributed by atoms with Crippen LogP contribution in [-0.4, -0.2) is 52.4 Å². The van der Waals surface area contributed by atoms with Gasteiger partial charge in [0.1, 0.15) is 12.7 Å². The van der Waals surface area contributed by atoms with Crippen LogP contribution in [0.15, 0.2) is 101 Å². The standard InChI is InChI=1S/C31H25FN2O9/c1-18-23(32)26(35)33-31(39)34(18)27-25(43-30(38)21-15-9-4-10-16-21)24(42-29(37)20-13-7-3-8-14-20)22(41-27)17-40-28(36)19-11-5-2-6-12-19/h2-16,22,24-25,27H,17H2,1H3,(H,33,35,39)/t22-,24-,25-,27-/m1/s1. The number of H-pyrrole nitrogens is 1.